The summed E-state index contributed by atoms with van der Waals surface area (Å²) < 4.78 is 10.8. The van der Waals surface area contributed by atoms with E-state index >= 15 is 0 Å². The van der Waals surface area contributed by atoms with E-state index in [1.54, 1.807) is 13.8 Å². The monoisotopic (exact) mass is 441 g/mol. The van der Waals surface area contributed by atoms with Gasteiger partial charge in [0, 0.05) is 19.6 Å². The zero-order valence-corrected chi connectivity index (χ0v) is 18.8. The normalized spacial score (nSPS) is 13.9. The van der Waals surface area contributed by atoms with E-state index in [0.29, 0.717) is 12.8 Å². The van der Waals surface area contributed by atoms with Crippen molar-refractivity contribution in [1.29, 1.82) is 0 Å². The molecule has 32 heavy (non-hydrogen) atoms. The molecule has 0 heterocycles. The molecule has 2 N–H and O–H groups in total. The summed E-state index contributed by atoms with van der Waals surface area (Å²) in [7, 11) is 1.39. The molecule has 1 amide bonds. The molecule has 1 atom stereocenters. The molecule has 172 valence electrons. The Labute approximate surface area is 188 Å². The Morgan fingerprint density at radius 1 is 1.03 bits per heavy atom. The molecule has 3 rings (SSSR count). The fourth-order valence-electron chi connectivity index (χ4n) is 3.93. The van der Waals surface area contributed by atoms with Gasteiger partial charge in [-0.25, -0.2) is 9.59 Å². The standard InChI is InChI=1S/C25H31NO6/c1-25(2,30)13-15-31-16-22(23(27)28)26(3)24(29)32-14-12-21-19-10-6-4-8-17(19)18-9-5-7-11-20(18)21/h4-11,21-22,30H,12-16H2,1-3H3,(H,27,28). The van der Waals surface area contributed by atoms with Crippen molar-refractivity contribution >= 4 is 12.1 Å². The maximum Gasteiger partial charge on any atom is 0.410 e. The number of ether oxygens (including phenoxy) is 2. The van der Waals surface area contributed by atoms with E-state index in [2.05, 4.69) is 24.3 Å². The van der Waals surface area contributed by atoms with Crippen LogP contribution in [0, 0.1) is 0 Å². The van der Waals surface area contributed by atoms with Crippen LogP contribution in [-0.2, 0) is 14.3 Å². The quantitative estimate of drug-likeness (QED) is 0.543. The molecule has 0 spiro atoms. The van der Waals surface area contributed by atoms with E-state index in [0.717, 1.165) is 4.90 Å². The number of carboxylic acid groups (broad SMARTS) is 1. The average molecular weight is 442 g/mol. The summed E-state index contributed by atoms with van der Waals surface area (Å²) in [6.45, 7) is 3.48. The first-order chi connectivity index (χ1) is 15.2. The third-order valence-corrected chi connectivity index (χ3v) is 5.77. The number of rotatable bonds is 10. The summed E-state index contributed by atoms with van der Waals surface area (Å²) in [5.74, 6) is -1.05. The summed E-state index contributed by atoms with van der Waals surface area (Å²) in [6, 6.07) is 15.3. The Bertz CT molecular complexity index is 906. The van der Waals surface area contributed by atoms with Gasteiger partial charge in [0.15, 0.2) is 6.04 Å². The van der Waals surface area contributed by atoms with Crippen molar-refractivity contribution in [3.05, 3.63) is 59.7 Å². The van der Waals surface area contributed by atoms with Gasteiger partial charge in [0.2, 0.25) is 0 Å². The van der Waals surface area contributed by atoms with Crippen molar-refractivity contribution in [2.45, 2.75) is 44.2 Å². The van der Waals surface area contributed by atoms with E-state index in [1.165, 1.54) is 29.3 Å². The Balaban J connectivity index is 1.55. The molecule has 2 aromatic carbocycles. The van der Waals surface area contributed by atoms with Crippen LogP contribution in [0.1, 0.15) is 43.7 Å². The first-order valence-electron chi connectivity index (χ1n) is 10.8. The highest BCUT2D eigenvalue weighted by Gasteiger charge is 2.30. The number of hydrogen-bond donors (Lipinski definition) is 2. The van der Waals surface area contributed by atoms with Crippen molar-refractivity contribution in [2.24, 2.45) is 0 Å². The minimum Gasteiger partial charge on any atom is -0.480 e. The van der Waals surface area contributed by atoms with E-state index in [4.69, 9.17) is 9.47 Å². The number of aliphatic hydroxyl groups is 1. The summed E-state index contributed by atoms with van der Waals surface area (Å²) in [5, 5.41) is 19.2. The van der Waals surface area contributed by atoms with E-state index in [1.807, 2.05) is 24.3 Å². The summed E-state index contributed by atoms with van der Waals surface area (Å²) >= 11 is 0. The van der Waals surface area contributed by atoms with Crippen LogP contribution in [0.4, 0.5) is 4.79 Å². The molecule has 2 aromatic rings. The lowest BCUT2D eigenvalue weighted by atomic mass is 9.94. The lowest BCUT2D eigenvalue weighted by molar-refractivity contribution is -0.144. The predicted molar refractivity (Wildman–Crippen MR) is 121 cm³/mol. The van der Waals surface area contributed by atoms with Crippen LogP contribution in [0.2, 0.25) is 0 Å². The Morgan fingerprint density at radius 2 is 1.59 bits per heavy atom. The van der Waals surface area contributed by atoms with E-state index in [9.17, 15) is 19.8 Å². The molecule has 0 saturated heterocycles. The number of amides is 1. The van der Waals surface area contributed by atoms with Gasteiger partial charge in [-0.05, 0) is 48.9 Å². The number of carboxylic acids is 1. The largest absolute Gasteiger partial charge is 0.480 e. The number of hydrogen-bond acceptors (Lipinski definition) is 5. The maximum absolute atomic E-state index is 12.5. The first kappa shape index (κ1) is 23.8. The minimum atomic E-state index is -1.17. The van der Waals surface area contributed by atoms with Gasteiger partial charge in [-0.3, -0.25) is 4.90 Å². The molecule has 7 nitrogen and oxygen atoms in total. The molecule has 1 aliphatic carbocycles. The predicted octanol–water partition coefficient (Wildman–Crippen LogP) is 3.89. The van der Waals surface area contributed by atoms with Crippen molar-refractivity contribution in [3.8, 4) is 11.1 Å². The average Bonchev–Trinajstić information content (AvgIpc) is 3.06. The van der Waals surface area contributed by atoms with Crippen LogP contribution in [0.15, 0.2) is 48.5 Å². The lowest BCUT2D eigenvalue weighted by Gasteiger charge is -2.25. The minimum absolute atomic E-state index is 0.126. The SMILES string of the molecule is CN(C(=O)OCCC1c2ccccc2-c2ccccc21)C(COCCC(C)(C)O)C(=O)O. The number of fused-ring (bicyclic) bond motifs is 3. The molecule has 1 unspecified atom stereocenters. The number of nitrogens with zero attached hydrogens (tertiary/aromatic N) is 1. The van der Waals surface area contributed by atoms with Crippen molar-refractivity contribution in [1.82, 2.24) is 4.90 Å². The number of carbonyl (C=O) groups is 2. The molecule has 0 fully saturated rings. The van der Waals surface area contributed by atoms with Gasteiger partial charge in [0.25, 0.3) is 0 Å². The Kier molecular flexibility index (Phi) is 7.53. The van der Waals surface area contributed by atoms with Crippen molar-refractivity contribution in [3.63, 3.8) is 0 Å². The van der Waals surface area contributed by atoms with Gasteiger partial charge in [0.1, 0.15) is 0 Å². The zero-order valence-electron chi connectivity index (χ0n) is 18.8. The van der Waals surface area contributed by atoms with Crippen LogP contribution >= 0.6 is 0 Å². The Hall–Kier alpha value is -2.90. The Morgan fingerprint density at radius 3 is 2.12 bits per heavy atom. The van der Waals surface area contributed by atoms with Gasteiger partial charge >= 0.3 is 12.1 Å². The third kappa shape index (κ3) is 5.66. The van der Waals surface area contributed by atoms with Gasteiger partial charge in [-0.15, -0.1) is 0 Å². The highest BCUT2D eigenvalue weighted by molar-refractivity contribution is 5.80. The van der Waals surface area contributed by atoms with E-state index in [-0.39, 0.29) is 25.7 Å². The van der Waals surface area contributed by atoms with Crippen LogP contribution in [0.25, 0.3) is 11.1 Å². The summed E-state index contributed by atoms with van der Waals surface area (Å²) in [6.07, 6.45) is 0.258. The highest BCUT2D eigenvalue weighted by atomic mass is 16.6. The van der Waals surface area contributed by atoms with Crippen molar-refractivity contribution in [2.75, 3.05) is 26.9 Å². The number of likely N-dealkylation sites (N-methyl/N-ethyl adjacent to an activating group) is 1. The van der Waals surface area contributed by atoms with Crippen molar-refractivity contribution < 1.29 is 29.3 Å². The number of carbonyl (C=O) groups excluding carboxylic acids is 1. The number of aliphatic carboxylic acids is 1. The molecule has 0 aromatic heterocycles. The van der Waals surface area contributed by atoms with E-state index < -0.39 is 23.7 Å². The molecule has 7 heteroatoms. The number of benzene rings is 2. The fourth-order valence-corrected chi connectivity index (χ4v) is 3.93. The zero-order chi connectivity index (χ0) is 23.3. The molecular formula is C25H31NO6. The van der Waals surface area contributed by atoms with Crippen LogP contribution in [0.5, 0.6) is 0 Å². The molecule has 0 bridgehead atoms. The van der Waals surface area contributed by atoms with Gasteiger partial charge in [-0.2, -0.15) is 0 Å². The molecule has 0 saturated carbocycles. The molecule has 0 aliphatic heterocycles. The second-order valence-corrected chi connectivity index (χ2v) is 8.73. The first-order valence-corrected chi connectivity index (χ1v) is 10.8. The van der Waals surface area contributed by atoms with Crippen LogP contribution < -0.4 is 0 Å². The van der Waals surface area contributed by atoms with Gasteiger partial charge in [0.05, 0.1) is 18.8 Å². The maximum atomic E-state index is 12.5. The smallest absolute Gasteiger partial charge is 0.410 e. The topological polar surface area (TPSA) is 96.3 Å². The lowest BCUT2D eigenvalue weighted by Crippen LogP contribution is -2.46. The van der Waals surface area contributed by atoms with Crippen LogP contribution in [-0.4, -0.2) is 65.7 Å². The summed E-state index contributed by atoms with van der Waals surface area (Å²) in [5.41, 5.74) is 3.92. The second-order valence-electron chi connectivity index (χ2n) is 8.73. The fraction of sp³-hybridized carbons (Fsp3) is 0.440. The van der Waals surface area contributed by atoms with Gasteiger partial charge < -0.3 is 19.7 Å². The van der Waals surface area contributed by atoms with Crippen LogP contribution in [0.3, 0.4) is 0 Å². The summed E-state index contributed by atoms with van der Waals surface area (Å²) in [4.78, 5) is 25.2. The highest BCUT2D eigenvalue weighted by Crippen LogP contribution is 2.45. The van der Waals surface area contributed by atoms with Gasteiger partial charge in [-0.1, -0.05) is 48.5 Å². The molecular weight excluding hydrogens is 410 g/mol. The molecule has 1 aliphatic rings. The third-order valence-electron chi connectivity index (χ3n) is 5.77. The molecule has 0 radical (unpaired) electrons. The second kappa shape index (κ2) is 10.1.